The fraction of sp³-hybridized carbons (Fsp3) is 1.00. The summed E-state index contributed by atoms with van der Waals surface area (Å²) >= 11 is 0. The third-order valence-corrected chi connectivity index (χ3v) is 7.09. The van der Waals surface area contributed by atoms with Crippen LogP contribution in [-0.2, 0) is 8.85 Å². The lowest BCUT2D eigenvalue weighted by molar-refractivity contribution is 0.0719. The number of piperidine rings is 1. The highest BCUT2D eigenvalue weighted by atomic mass is 28.3. The summed E-state index contributed by atoms with van der Waals surface area (Å²) in [5.74, 6) is 3.38. The molecular formula is C13H27NO2Si. The normalized spacial score (nSPS) is 42.5. The number of nitrogens with one attached hydrogen (secondary N) is 1. The highest BCUT2D eigenvalue weighted by molar-refractivity contribution is 6.46. The molecule has 5 atom stereocenters. The predicted octanol–water partition coefficient (Wildman–Crippen LogP) is 1.70. The first kappa shape index (κ1) is 13.5. The summed E-state index contributed by atoms with van der Waals surface area (Å²) in [7, 11) is 2.09. The van der Waals surface area contributed by atoms with Crippen molar-refractivity contribution >= 4 is 9.28 Å². The van der Waals surface area contributed by atoms with E-state index in [9.17, 15) is 0 Å². The number of rotatable bonds is 3. The second-order valence-electron chi connectivity index (χ2n) is 6.00. The third kappa shape index (κ3) is 2.75. The molecular weight excluding hydrogens is 230 g/mol. The van der Waals surface area contributed by atoms with Crippen molar-refractivity contribution in [2.75, 3.05) is 20.8 Å². The highest BCUT2D eigenvalue weighted by Gasteiger charge is 2.44. The van der Waals surface area contributed by atoms with Gasteiger partial charge in [-0.05, 0) is 43.1 Å². The summed E-state index contributed by atoms with van der Waals surface area (Å²) in [4.78, 5) is 0. The minimum atomic E-state index is -1.53. The molecule has 2 fully saturated rings. The third-order valence-electron chi connectivity index (χ3n) is 4.84. The summed E-state index contributed by atoms with van der Waals surface area (Å²) in [6.07, 6.45) is 4.13. The molecule has 4 heteroatoms. The Morgan fingerprint density at radius 2 is 1.76 bits per heavy atom. The minimum Gasteiger partial charge on any atom is -0.399 e. The van der Waals surface area contributed by atoms with E-state index in [0.29, 0.717) is 5.67 Å². The van der Waals surface area contributed by atoms with E-state index in [0.717, 1.165) is 30.2 Å². The van der Waals surface area contributed by atoms with Crippen molar-refractivity contribution in [2.45, 2.75) is 38.8 Å². The van der Waals surface area contributed by atoms with Crippen molar-refractivity contribution in [2.24, 2.45) is 23.7 Å². The lowest BCUT2D eigenvalue weighted by atomic mass is 9.67. The molecule has 1 aliphatic carbocycles. The lowest BCUT2D eigenvalue weighted by Gasteiger charge is -2.48. The summed E-state index contributed by atoms with van der Waals surface area (Å²) in [6.45, 7) is 5.94. The van der Waals surface area contributed by atoms with Crippen LogP contribution in [0.4, 0.5) is 0 Å². The van der Waals surface area contributed by atoms with Crippen LogP contribution in [0.5, 0.6) is 0 Å². The maximum atomic E-state index is 5.60. The zero-order chi connectivity index (χ0) is 12.4. The number of hydrogen-bond acceptors (Lipinski definition) is 3. The van der Waals surface area contributed by atoms with E-state index in [4.69, 9.17) is 8.85 Å². The van der Waals surface area contributed by atoms with Gasteiger partial charge < -0.3 is 14.2 Å². The van der Waals surface area contributed by atoms with Crippen molar-refractivity contribution in [3.8, 4) is 0 Å². The highest BCUT2D eigenvalue weighted by Crippen LogP contribution is 2.42. The molecule has 1 saturated carbocycles. The number of fused-ring (bicyclic) bond motifs is 1. The molecule has 100 valence electrons. The predicted molar refractivity (Wildman–Crippen MR) is 72.1 cm³/mol. The van der Waals surface area contributed by atoms with Gasteiger partial charge in [0.2, 0.25) is 0 Å². The first-order chi connectivity index (χ1) is 8.17. The Hall–Kier alpha value is 0.0969. The van der Waals surface area contributed by atoms with E-state index < -0.39 is 9.28 Å². The van der Waals surface area contributed by atoms with Gasteiger partial charge in [0.1, 0.15) is 0 Å². The van der Waals surface area contributed by atoms with Gasteiger partial charge in [-0.15, -0.1) is 0 Å². The van der Waals surface area contributed by atoms with Crippen LogP contribution in [0.1, 0.15) is 33.1 Å². The second-order valence-corrected chi connectivity index (χ2v) is 8.39. The van der Waals surface area contributed by atoms with Gasteiger partial charge in [-0.25, -0.2) is 0 Å². The molecule has 1 N–H and O–H groups in total. The Bertz CT molecular complexity index is 248. The quantitative estimate of drug-likeness (QED) is 0.781. The second kappa shape index (κ2) is 5.82. The molecule has 0 aromatic rings. The van der Waals surface area contributed by atoms with Crippen LogP contribution >= 0.6 is 0 Å². The van der Waals surface area contributed by atoms with Gasteiger partial charge in [0, 0.05) is 14.2 Å². The first-order valence-electron chi connectivity index (χ1n) is 6.96. The maximum absolute atomic E-state index is 5.60. The van der Waals surface area contributed by atoms with Gasteiger partial charge in [0.25, 0.3) is 0 Å². The molecule has 17 heavy (non-hydrogen) atoms. The molecule has 0 aromatic carbocycles. The molecule has 1 heterocycles. The summed E-state index contributed by atoms with van der Waals surface area (Å²) in [5, 5.41) is 3.70. The smallest absolute Gasteiger partial charge is 0.338 e. The van der Waals surface area contributed by atoms with Gasteiger partial charge in [-0.1, -0.05) is 20.3 Å². The Labute approximate surface area is 107 Å². The van der Waals surface area contributed by atoms with Crippen LogP contribution in [0, 0.1) is 23.7 Å². The van der Waals surface area contributed by atoms with Crippen LogP contribution in [0.25, 0.3) is 0 Å². The first-order valence-corrected chi connectivity index (χ1v) is 8.57. The van der Waals surface area contributed by atoms with Crippen molar-refractivity contribution in [1.29, 1.82) is 0 Å². The van der Waals surface area contributed by atoms with Gasteiger partial charge in [-0.2, -0.15) is 0 Å². The lowest BCUT2D eigenvalue weighted by Crippen LogP contribution is -2.59. The Morgan fingerprint density at radius 1 is 1.06 bits per heavy atom. The molecule has 1 saturated heterocycles. The summed E-state index contributed by atoms with van der Waals surface area (Å²) < 4.78 is 11.2. The van der Waals surface area contributed by atoms with E-state index in [2.05, 4.69) is 19.2 Å². The summed E-state index contributed by atoms with van der Waals surface area (Å²) in [5.41, 5.74) is 0.513. The maximum Gasteiger partial charge on any atom is 0.338 e. The van der Waals surface area contributed by atoms with Crippen LogP contribution in [0.2, 0.25) is 0 Å². The van der Waals surface area contributed by atoms with E-state index >= 15 is 0 Å². The van der Waals surface area contributed by atoms with Crippen molar-refractivity contribution in [1.82, 2.24) is 5.32 Å². The zero-order valence-electron chi connectivity index (χ0n) is 11.6. The van der Waals surface area contributed by atoms with Gasteiger partial charge in [-0.3, -0.25) is 0 Å². The molecule has 3 nitrogen and oxygen atoms in total. The van der Waals surface area contributed by atoms with E-state index in [1.807, 2.05) is 0 Å². The van der Waals surface area contributed by atoms with E-state index in [1.54, 1.807) is 14.2 Å². The standard InChI is InChI=1S/C13H27NO2Si/c1-9-5-6-11-12(7-9)10(2)8-14-13(11)17(15-3)16-4/h9-14,17H,5-8H2,1-4H3. The monoisotopic (exact) mass is 257 g/mol. The largest absolute Gasteiger partial charge is 0.399 e. The molecule has 0 amide bonds. The Kier molecular flexibility index (Phi) is 4.63. The van der Waals surface area contributed by atoms with Gasteiger partial charge in [0.05, 0.1) is 5.67 Å². The van der Waals surface area contributed by atoms with Crippen molar-refractivity contribution < 1.29 is 8.85 Å². The SMILES string of the molecule is CO[SiH](OC)C1NCC(C)C2CC(C)CCC21. The van der Waals surface area contributed by atoms with Crippen LogP contribution in [0.3, 0.4) is 0 Å². The minimum absolute atomic E-state index is 0.513. The Morgan fingerprint density at radius 3 is 2.41 bits per heavy atom. The molecule has 0 radical (unpaired) electrons. The molecule has 0 spiro atoms. The molecule has 0 bridgehead atoms. The van der Waals surface area contributed by atoms with Gasteiger partial charge >= 0.3 is 9.28 Å². The van der Waals surface area contributed by atoms with E-state index in [-0.39, 0.29) is 0 Å². The van der Waals surface area contributed by atoms with Crippen molar-refractivity contribution in [3.05, 3.63) is 0 Å². The molecule has 2 aliphatic rings. The van der Waals surface area contributed by atoms with Crippen molar-refractivity contribution in [3.63, 3.8) is 0 Å². The number of hydrogen-bond donors (Lipinski definition) is 1. The Balaban J connectivity index is 2.09. The zero-order valence-corrected chi connectivity index (χ0v) is 12.8. The van der Waals surface area contributed by atoms with Gasteiger partial charge in [0.15, 0.2) is 0 Å². The molecule has 2 rings (SSSR count). The van der Waals surface area contributed by atoms with E-state index in [1.165, 1.54) is 19.3 Å². The molecule has 1 aliphatic heterocycles. The van der Waals surface area contributed by atoms with Crippen LogP contribution < -0.4 is 5.32 Å². The fourth-order valence-electron chi connectivity index (χ4n) is 3.86. The average molecular weight is 257 g/mol. The molecule has 0 aromatic heterocycles. The average Bonchev–Trinajstić information content (AvgIpc) is 2.34. The fourth-order valence-corrected chi connectivity index (χ4v) is 5.85. The van der Waals surface area contributed by atoms with Crippen LogP contribution in [-0.4, -0.2) is 35.7 Å². The summed E-state index contributed by atoms with van der Waals surface area (Å²) in [6, 6.07) is 0. The topological polar surface area (TPSA) is 30.5 Å². The molecule has 5 unspecified atom stereocenters. The van der Waals surface area contributed by atoms with Crippen LogP contribution in [0.15, 0.2) is 0 Å².